The van der Waals surface area contributed by atoms with Crippen LogP contribution >= 0.6 is 7.82 Å². The fraction of sp³-hybridized carbons (Fsp3) is 0.723. The van der Waals surface area contributed by atoms with Crippen LogP contribution in [0.1, 0.15) is 386 Å². The molecule has 0 rings (SSSR count). The molecule has 598 valence electrons. The Balaban J connectivity index is 4.01. The summed E-state index contributed by atoms with van der Waals surface area (Å²) in [5, 5.41) is 0. The molecule has 0 aromatic carbocycles. The van der Waals surface area contributed by atoms with Crippen LogP contribution in [0.3, 0.4) is 0 Å². The van der Waals surface area contributed by atoms with Gasteiger partial charge < -0.3 is 18.9 Å². The van der Waals surface area contributed by atoms with Crippen LogP contribution in [-0.4, -0.2) is 74.9 Å². The van der Waals surface area contributed by atoms with Crippen LogP contribution in [0.4, 0.5) is 0 Å². The van der Waals surface area contributed by atoms with Crippen LogP contribution in [0.2, 0.25) is 0 Å². The number of esters is 2. The van der Waals surface area contributed by atoms with E-state index in [0.717, 1.165) is 122 Å². The fourth-order valence-corrected chi connectivity index (χ4v) is 13.0. The molecular weight excluding hydrogens is 1300 g/mol. The summed E-state index contributed by atoms with van der Waals surface area (Å²) in [5.41, 5.74) is 0. The molecule has 0 aromatic rings. The van der Waals surface area contributed by atoms with E-state index in [0.29, 0.717) is 17.4 Å². The standard InChI is InChI=1S/C94H164NO8P/c1-6-8-10-12-14-16-18-20-22-24-26-28-30-32-34-36-38-40-42-44-46-47-49-51-53-55-57-59-61-63-65-67-69-71-73-75-77-79-81-83-85-87-94(97)103-92(91-102-104(98,99)101-89-88-95(3,4)5)90-100-93(96)86-84-82-80-78-76-74-72-70-68-66-64-62-60-58-56-54-52-50-48-45-43-41-39-37-35-33-31-29-27-25-23-21-19-17-15-13-11-9-7-2/h8,10,14,16,20,22,26,28,32,34,38,40,44,46,49,51,55,57,61,63,67,69,73,75,92H,6-7,9,11-13,15,17-19,21,23-25,27,29-31,33,35-37,39,41-43,45,47-48,50,52-54,56,58-60,62,64-66,68,70-72,74,76-91H2,1-5H3/p+1/b10-8-,16-14-,22-20-,28-26-,34-32-,40-38-,46-44-,51-49-,57-55-,63-61-,69-67-,75-73-. The number of likely N-dealkylation sites (N-methyl/N-ethyl adjacent to an activating group) is 1. The first kappa shape index (κ1) is 99.9. The van der Waals surface area contributed by atoms with Gasteiger partial charge in [0.2, 0.25) is 0 Å². The summed E-state index contributed by atoms with van der Waals surface area (Å²) in [5.74, 6) is -0.821. The molecule has 9 nitrogen and oxygen atoms in total. The Kier molecular flexibility index (Phi) is 79.7. The van der Waals surface area contributed by atoms with E-state index in [-0.39, 0.29) is 32.0 Å². The van der Waals surface area contributed by atoms with Crippen molar-refractivity contribution in [3.63, 3.8) is 0 Å². The first-order chi connectivity index (χ1) is 51.0. The molecule has 0 saturated heterocycles. The van der Waals surface area contributed by atoms with Gasteiger partial charge in [0.05, 0.1) is 27.7 Å². The molecule has 0 aromatic heterocycles. The van der Waals surface area contributed by atoms with Crippen molar-refractivity contribution in [2.24, 2.45) is 0 Å². The van der Waals surface area contributed by atoms with E-state index in [2.05, 4.69) is 160 Å². The van der Waals surface area contributed by atoms with Gasteiger partial charge in [0.25, 0.3) is 0 Å². The summed E-state index contributed by atoms with van der Waals surface area (Å²) in [6, 6.07) is 0. The highest BCUT2D eigenvalue weighted by Crippen LogP contribution is 2.43. The average molecular weight is 1470 g/mol. The van der Waals surface area contributed by atoms with Crippen LogP contribution in [0.25, 0.3) is 0 Å². The quantitative estimate of drug-likeness (QED) is 0.0211. The Morgan fingerprint density at radius 3 is 0.817 bits per heavy atom. The molecule has 1 N–H and O–H groups in total. The van der Waals surface area contributed by atoms with Crippen molar-refractivity contribution >= 4 is 19.8 Å². The minimum atomic E-state index is -4.41. The lowest BCUT2D eigenvalue weighted by atomic mass is 10.0. The summed E-state index contributed by atoms with van der Waals surface area (Å²) in [6.45, 7) is 4.33. The Morgan fingerprint density at radius 1 is 0.308 bits per heavy atom. The zero-order chi connectivity index (χ0) is 75.4. The lowest BCUT2D eigenvalue weighted by Crippen LogP contribution is -2.37. The highest BCUT2D eigenvalue weighted by molar-refractivity contribution is 7.47. The van der Waals surface area contributed by atoms with E-state index >= 15 is 0 Å². The van der Waals surface area contributed by atoms with Gasteiger partial charge in [-0.1, -0.05) is 417 Å². The topological polar surface area (TPSA) is 108 Å². The molecule has 0 aliphatic heterocycles. The largest absolute Gasteiger partial charge is 0.472 e. The monoisotopic (exact) mass is 1470 g/mol. The fourth-order valence-electron chi connectivity index (χ4n) is 12.3. The first-order valence-corrected chi connectivity index (χ1v) is 45.1. The number of quaternary nitrogens is 1. The number of phosphoric acid groups is 1. The van der Waals surface area contributed by atoms with Gasteiger partial charge in [-0.25, -0.2) is 4.57 Å². The van der Waals surface area contributed by atoms with Gasteiger partial charge in [-0.15, -0.1) is 0 Å². The number of carbonyl (C=O) groups excluding carboxylic acids is 2. The Labute approximate surface area is 643 Å². The Bertz CT molecular complexity index is 2280. The van der Waals surface area contributed by atoms with Gasteiger partial charge in [-0.2, -0.15) is 0 Å². The second kappa shape index (κ2) is 82.9. The molecule has 104 heavy (non-hydrogen) atoms. The first-order valence-electron chi connectivity index (χ1n) is 43.6. The molecule has 2 atom stereocenters. The summed E-state index contributed by atoms with van der Waals surface area (Å²) in [6.07, 6.45) is 123. The lowest BCUT2D eigenvalue weighted by molar-refractivity contribution is -0.870. The van der Waals surface area contributed by atoms with Crippen LogP contribution in [0.15, 0.2) is 146 Å². The highest BCUT2D eigenvalue weighted by atomic mass is 31.2. The van der Waals surface area contributed by atoms with Crippen molar-refractivity contribution < 1.29 is 42.1 Å². The molecule has 0 spiro atoms. The van der Waals surface area contributed by atoms with Gasteiger partial charge >= 0.3 is 19.8 Å². The number of hydrogen-bond donors (Lipinski definition) is 1. The molecule has 0 aliphatic rings. The number of rotatable bonds is 80. The maximum atomic E-state index is 12.9. The summed E-state index contributed by atoms with van der Waals surface area (Å²) in [4.78, 5) is 36.0. The molecule has 0 aliphatic carbocycles. The zero-order valence-corrected chi connectivity index (χ0v) is 69.4. The van der Waals surface area contributed by atoms with E-state index in [4.69, 9.17) is 18.5 Å². The minimum Gasteiger partial charge on any atom is -0.462 e. The smallest absolute Gasteiger partial charge is 0.462 e. The number of carbonyl (C=O) groups is 2. The van der Waals surface area contributed by atoms with Crippen molar-refractivity contribution in [2.75, 3.05) is 47.5 Å². The molecular formula is C94H165NO8P+. The number of unbranched alkanes of at least 4 members (excludes halogenated alkanes) is 42. The Morgan fingerprint density at radius 2 is 0.548 bits per heavy atom. The number of hydrogen-bond acceptors (Lipinski definition) is 7. The van der Waals surface area contributed by atoms with Gasteiger partial charge in [-0.05, 0) is 103 Å². The molecule has 0 radical (unpaired) electrons. The predicted molar refractivity (Wildman–Crippen MR) is 454 cm³/mol. The van der Waals surface area contributed by atoms with Gasteiger partial charge in [0.15, 0.2) is 6.10 Å². The van der Waals surface area contributed by atoms with Crippen molar-refractivity contribution in [1.29, 1.82) is 0 Å². The highest BCUT2D eigenvalue weighted by Gasteiger charge is 2.27. The molecule has 0 heterocycles. The predicted octanol–water partition coefficient (Wildman–Crippen LogP) is 29.6. The molecule has 0 bridgehead atoms. The summed E-state index contributed by atoms with van der Waals surface area (Å²) >= 11 is 0. The number of phosphoric ester groups is 1. The molecule has 0 saturated carbocycles. The van der Waals surface area contributed by atoms with Gasteiger partial charge in [0, 0.05) is 12.8 Å². The van der Waals surface area contributed by atoms with Crippen molar-refractivity contribution in [3.05, 3.63) is 146 Å². The minimum absolute atomic E-state index is 0.0209. The van der Waals surface area contributed by atoms with Crippen molar-refractivity contribution in [2.45, 2.75) is 392 Å². The molecule has 2 unspecified atom stereocenters. The van der Waals surface area contributed by atoms with E-state index in [1.54, 1.807) is 0 Å². The number of nitrogens with zero attached hydrogens (tertiary/aromatic N) is 1. The van der Waals surface area contributed by atoms with Crippen molar-refractivity contribution in [3.8, 4) is 0 Å². The lowest BCUT2D eigenvalue weighted by Gasteiger charge is -2.24. The normalized spacial score (nSPS) is 13.7. The van der Waals surface area contributed by atoms with Gasteiger partial charge in [0.1, 0.15) is 19.8 Å². The van der Waals surface area contributed by atoms with Crippen LogP contribution in [0, 0.1) is 0 Å². The van der Waals surface area contributed by atoms with E-state index in [9.17, 15) is 19.0 Å². The second-order valence-corrected chi connectivity index (χ2v) is 31.7. The third kappa shape index (κ3) is 86.8. The molecule has 0 amide bonds. The molecule has 0 fully saturated rings. The maximum absolute atomic E-state index is 12.9. The summed E-state index contributed by atoms with van der Waals surface area (Å²) < 4.78 is 34.8. The van der Waals surface area contributed by atoms with E-state index in [1.807, 2.05) is 21.1 Å². The molecule has 10 heteroatoms. The van der Waals surface area contributed by atoms with E-state index < -0.39 is 26.5 Å². The second-order valence-electron chi connectivity index (χ2n) is 30.2. The number of allylic oxidation sites excluding steroid dienone is 24. The average Bonchev–Trinajstić information content (AvgIpc) is 0.920. The van der Waals surface area contributed by atoms with Crippen LogP contribution < -0.4 is 0 Å². The van der Waals surface area contributed by atoms with Crippen LogP contribution in [0.5, 0.6) is 0 Å². The third-order valence-corrected chi connectivity index (χ3v) is 19.9. The zero-order valence-electron chi connectivity index (χ0n) is 68.5. The Hall–Kier alpha value is -4.11. The van der Waals surface area contributed by atoms with E-state index in [1.165, 1.54) is 231 Å². The van der Waals surface area contributed by atoms with Crippen molar-refractivity contribution in [1.82, 2.24) is 0 Å². The maximum Gasteiger partial charge on any atom is 0.472 e. The van der Waals surface area contributed by atoms with Crippen LogP contribution in [-0.2, 0) is 32.7 Å². The number of ether oxygens (including phenoxy) is 2. The third-order valence-electron chi connectivity index (χ3n) is 18.9. The van der Waals surface area contributed by atoms with Gasteiger partial charge in [-0.3, -0.25) is 18.6 Å². The SMILES string of the molecule is CC/C=C\C/C=C\C/C=C\C/C=C\C/C=C\C/C=C\C/C=C\C/C=C\C/C=C\C/C=C\C/C=C\C/C=C\CCCCCCC(=O)OC(COC(=O)CCCCCCCCCCCCCCCCCCCCCCCCCCCCCCCCCCCCCCCCC)COP(=O)(O)OCC[N+](C)(C)C. The summed E-state index contributed by atoms with van der Waals surface area (Å²) in [7, 11) is 1.46.